The van der Waals surface area contributed by atoms with Crippen molar-refractivity contribution in [3.8, 4) is 0 Å². The molecule has 6 nitrogen and oxygen atoms in total. The highest BCUT2D eigenvalue weighted by Gasteiger charge is 2.37. The summed E-state index contributed by atoms with van der Waals surface area (Å²) in [5, 5.41) is 4.82. The minimum Gasteiger partial charge on any atom is -0.377 e. The minimum absolute atomic E-state index is 0.135. The van der Waals surface area contributed by atoms with Crippen molar-refractivity contribution in [1.29, 1.82) is 0 Å². The van der Waals surface area contributed by atoms with Gasteiger partial charge in [-0.05, 0) is 24.3 Å². The van der Waals surface area contributed by atoms with E-state index in [1.807, 2.05) is 17.5 Å². The highest BCUT2D eigenvalue weighted by Crippen LogP contribution is 2.22. The molecule has 2 atom stereocenters. The molecule has 3 rings (SSSR count). The zero-order valence-corrected chi connectivity index (χ0v) is 12.5. The summed E-state index contributed by atoms with van der Waals surface area (Å²) in [6.45, 7) is 1.08. The fourth-order valence-corrected chi connectivity index (χ4v) is 3.10. The van der Waals surface area contributed by atoms with Gasteiger partial charge in [0.15, 0.2) is 0 Å². The third kappa shape index (κ3) is 3.25. The van der Waals surface area contributed by atoms with Crippen LogP contribution in [0, 0.1) is 0 Å². The number of thiophene rings is 1. The zero-order valence-electron chi connectivity index (χ0n) is 11.7. The lowest BCUT2D eigenvalue weighted by molar-refractivity contribution is -0.149. The number of nitrogens with one attached hydrogen (secondary N) is 1. The van der Waals surface area contributed by atoms with Gasteiger partial charge in [-0.1, -0.05) is 6.07 Å². The first-order valence-electron chi connectivity index (χ1n) is 7.14. The fraction of sp³-hybridized carbons (Fsp3) is 0.571. The monoisotopic (exact) mass is 309 g/mol. The van der Waals surface area contributed by atoms with Crippen molar-refractivity contribution in [2.45, 2.75) is 31.0 Å². The number of ether oxygens (including phenoxy) is 1. The fourth-order valence-electron chi connectivity index (χ4n) is 2.38. The van der Waals surface area contributed by atoms with Crippen LogP contribution in [0.25, 0.3) is 0 Å². The van der Waals surface area contributed by atoms with Crippen LogP contribution in [-0.4, -0.2) is 48.6 Å². The standard InChI is InChI=1S/C14H19N3O3S/c15-12(11-2-1-7-21-11)14(19)17-5-6-20-8-10(17)13(18)16-9-3-4-9/h1-2,7,9-10,12H,3-6,8,15H2,(H,16,18). The lowest BCUT2D eigenvalue weighted by Gasteiger charge is -2.35. The van der Waals surface area contributed by atoms with Gasteiger partial charge < -0.3 is 20.7 Å². The summed E-state index contributed by atoms with van der Waals surface area (Å²) in [5.74, 6) is -0.347. The molecule has 114 valence electrons. The molecular weight excluding hydrogens is 290 g/mol. The number of nitrogens with zero attached hydrogens (tertiary/aromatic N) is 1. The minimum atomic E-state index is -0.709. The second-order valence-corrected chi connectivity index (χ2v) is 6.38. The van der Waals surface area contributed by atoms with Crippen molar-refractivity contribution in [2.75, 3.05) is 19.8 Å². The van der Waals surface area contributed by atoms with Crippen LogP contribution in [0.15, 0.2) is 17.5 Å². The summed E-state index contributed by atoms with van der Waals surface area (Å²) in [7, 11) is 0. The molecule has 7 heteroatoms. The largest absolute Gasteiger partial charge is 0.377 e. The van der Waals surface area contributed by atoms with Gasteiger partial charge in [0.25, 0.3) is 0 Å². The molecule has 1 aromatic heterocycles. The van der Waals surface area contributed by atoms with Gasteiger partial charge in [-0.25, -0.2) is 0 Å². The number of carbonyl (C=O) groups excluding carboxylic acids is 2. The van der Waals surface area contributed by atoms with E-state index < -0.39 is 12.1 Å². The van der Waals surface area contributed by atoms with Crippen molar-refractivity contribution >= 4 is 23.2 Å². The number of hydrogen-bond donors (Lipinski definition) is 2. The van der Waals surface area contributed by atoms with Crippen LogP contribution in [0.4, 0.5) is 0 Å². The average Bonchev–Trinajstić information content (AvgIpc) is 3.15. The maximum atomic E-state index is 12.6. The highest BCUT2D eigenvalue weighted by molar-refractivity contribution is 7.10. The Morgan fingerprint density at radius 1 is 1.48 bits per heavy atom. The quantitative estimate of drug-likeness (QED) is 0.835. The van der Waals surface area contributed by atoms with Crippen molar-refractivity contribution in [3.05, 3.63) is 22.4 Å². The number of morpholine rings is 1. The van der Waals surface area contributed by atoms with Crippen LogP contribution in [-0.2, 0) is 14.3 Å². The van der Waals surface area contributed by atoms with Crippen LogP contribution in [0.5, 0.6) is 0 Å². The molecule has 0 bridgehead atoms. The summed E-state index contributed by atoms with van der Waals surface area (Å²) in [6.07, 6.45) is 2.03. The van der Waals surface area contributed by atoms with E-state index in [2.05, 4.69) is 5.32 Å². The van der Waals surface area contributed by atoms with Gasteiger partial charge in [-0.3, -0.25) is 9.59 Å². The Balaban J connectivity index is 1.70. The predicted octanol–water partition coefficient (Wildman–Crippen LogP) is 0.254. The van der Waals surface area contributed by atoms with Crippen LogP contribution >= 0.6 is 11.3 Å². The van der Waals surface area contributed by atoms with E-state index in [-0.39, 0.29) is 24.5 Å². The van der Waals surface area contributed by atoms with E-state index in [0.717, 1.165) is 17.7 Å². The van der Waals surface area contributed by atoms with Gasteiger partial charge in [-0.15, -0.1) is 11.3 Å². The summed E-state index contributed by atoms with van der Waals surface area (Å²) < 4.78 is 5.36. The second-order valence-electron chi connectivity index (χ2n) is 5.40. The first-order valence-corrected chi connectivity index (χ1v) is 8.02. The lowest BCUT2D eigenvalue weighted by Crippen LogP contribution is -2.57. The first-order chi connectivity index (χ1) is 10.2. The molecule has 2 fully saturated rings. The molecule has 21 heavy (non-hydrogen) atoms. The van der Waals surface area contributed by atoms with Gasteiger partial charge in [0.1, 0.15) is 12.1 Å². The number of hydrogen-bond acceptors (Lipinski definition) is 5. The highest BCUT2D eigenvalue weighted by atomic mass is 32.1. The Morgan fingerprint density at radius 2 is 2.29 bits per heavy atom. The van der Waals surface area contributed by atoms with Gasteiger partial charge in [0.05, 0.1) is 13.2 Å². The third-order valence-corrected chi connectivity index (χ3v) is 4.71. The SMILES string of the molecule is NC(C(=O)N1CCOCC1C(=O)NC1CC1)c1cccs1. The Hall–Kier alpha value is -1.44. The van der Waals surface area contributed by atoms with Crippen molar-refractivity contribution in [3.63, 3.8) is 0 Å². The van der Waals surface area contributed by atoms with Crippen LogP contribution in [0.3, 0.4) is 0 Å². The summed E-state index contributed by atoms with van der Waals surface area (Å²) >= 11 is 1.45. The average molecular weight is 309 g/mol. The van der Waals surface area contributed by atoms with E-state index in [1.54, 1.807) is 4.90 Å². The molecule has 2 amide bonds. The molecule has 2 unspecified atom stereocenters. The molecule has 0 radical (unpaired) electrons. The summed E-state index contributed by atoms with van der Waals surface area (Å²) in [6, 6.07) is 2.69. The Morgan fingerprint density at radius 3 is 2.95 bits per heavy atom. The van der Waals surface area contributed by atoms with Crippen LogP contribution < -0.4 is 11.1 Å². The Kier molecular flexibility index (Phi) is 4.23. The molecule has 0 spiro atoms. The molecule has 1 saturated carbocycles. The second kappa shape index (κ2) is 6.13. The molecule has 2 aliphatic rings. The first kappa shape index (κ1) is 14.5. The number of nitrogens with two attached hydrogens (primary N) is 1. The molecule has 1 saturated heterocycles. The Bertz CT molecular complexity index is 516. The van der Waals surface area contributed by atoms with E-state index in [0.29, 0.717) is 13.2 Å². The van der Waals surface area contributed by atoms with Gasteiger partial charge in [-0.2, -0.15) is 0 Å². The number of rotatable bonds is 4. The van der Waals surface area contributed by atoms with Gasteiger partial charge in [0, 0.05) is 17.5 Å². The molecule has 3 N–H and O–H groups in total. The molecular formula is C14H19N3O3S. The Labute approximate surface area is 127 Å². The van der Waals surface area contributed by atoms with Crippen LogP contribution in [0.2, 0.25) is 0 Å². The van der Waals surface area contributed by atoms with E-state index >= 15 is 0 Å². The number of carbonyl (C=O) groups is 2. The van der Waals surface area contributed by atoms with Gasteiger partial charge >= 0.3 is 0 Å². The molecule has 0 aromatic carbocycles. The van der Waals surface area contributed by atoms with Crippen molar-refractivity contribution < 1.29 is 14.3 Å². The van der Waals surface area contributed by atoms with Gasteiger partial charge in [0.2, 0.25) is 11.8 Å². The smallest absolute Gasteiger partial charge is 0.245 e. The van der Waals surface area contributed by atoms with Crippen LogP contribution in [0.1, 0.15) is 23.8 Å². The zero-order chi connectivity index (χ0) is 14.8. The molecule has 1 aliphatic carbocycles. The van der Waals surface area contributed by atoms with E-state index in [1.165, 1.54) is 11.3 Å². The molecule has 1 aromatic rings. The lowest BCUT2D eigenvalue weighted by atomic mass is 10.1. The molecule has 2 heterocycles. The predicted molar refractivity (Wildman–Crippen MR) is 78.7 cm³/mol. The summed E-state index contributed by atoms with van der Waals surface area (Å²) in [4.78, 5) is 27.2. The normalized spacial score (nSPS) is 23.7. The van der Waals surface area contributed by atoms with Crippen molar-refractivity contribution in [2.24, 2.45) is 5.73 Å². The topological polar surface area (TPSA) is 84.7 Å². The van der Waals surface area contributed by atoms with E-state index in [9.17, 15) is 9.59 Å². The van der Waals surface area contributed by atoms with Crippen molar-refractivity contribution in [1.82, 2.24) is 10.2 Å². The third-order valence-electron chi connectivity index (χ3n) is 3.75. The molecule has 1 aliphatic heterocycles. The number of amides is 2. The maximum Gasteiger partial charge on any atom is 0.245 e. The van der Waals surface area contributed by atoms with E-state index in [4.69, 9.17) is 10.5 Å². The maximum absolute atomic E-state index is 12.6. The summed E-state index contributed by atoms with van der Waals surface area (Å²) in [5.41, 5.74) is 6.04.